The molecule has 3 rings (SSSR count). The largest absolute Gasteiger partial charge is 0.372 e. The molecule has 3 nitrogen and oxygen atoms in total. The first-order valence-electron chi connectivity index (χ1n) is 6.62. The van der Waals surface area contributed by atoms with Crippen LogP contribution in [0.4, 0.5) is 0 Å². The van der Waals surface area contributed by atoms with Crippen LogP contribution in [0.5, 0.6) is 0 Å². The molecule has 3 heteroatoms. The topological polar surface area (TPSA) is 36.4 Å². The van der Waals surface area contributed by atoms with Crippen LogP contribution in [0.1, 0.15) is 31.2 Å². The van der Waals surface area contributed by atoms with Crippen molar-refractivity contribution in [1.82, 2.24) is 9.88 Å². The molecule has 18 heavy (non-hydrogen) atoms. The zero-order valence-corrected chi connectivity index (χ0v) is 10.4. The van der Waals surface area contributed by atoms with Gasteiger partial charge >= 0.3 is 0 Å². The summed E-state index contributed by atoms with van der Waals surface area (Å²) in [6.45, 7) is 1.94. The minimum Gasteiger partial charge on any atom is -0.372 e. The number of aliphatic hydroxyl groups is 1. The molecule has 0 saturated carbocycles. The van der Waals surface area contributed by atoms with Gasteiger partial charge < -0.3 is 5.11 Å². The maximum atomic E-state index is 10.4. The summed E-state index contributed by atoms with van der Waals surface area (Å²) in [5, 5.41) is 11.5. The van der Waals surface area contributed by atoms with Crippen molar-refractivity contribution in [3.63, 3.8) is 0 Å². The number of benzene rings is 1. The van der Waals surface area contributed by atoms with Gasteiger partial charge in [-0.2, -0.15) is 0 Å². The first kappa shape index (κ1) is 11.6. The minimum absolute atomic E-state index is 0.560. The molecule has 1 aliphatic rings. The third kappa shape index (κ3) is 2.24. The van der Waals surface area contributed by atoms with Crippen molar-refractivity contribution in [1.29, 1.82) is 0 Å². The average Bonchev–Trinajstić information content (AvgIpc) is 2.47. The summed E-state index contributed by atoms with van der Waals surface area (Å²) in [7, 11) is 0. The fourth-order valence-electron chi connectivity index (χ4n) is 2.58. The first-order chi connectivity index (χ1) is 8.84. The number of aromatic nitrogens is 1. The Hall–Kier alpha value is -1.45. The van der Waals surface area contributed by atoms with Crippen molar-refractivity contribution in [2.24, 2.45) is 0 Å². The Morgan fingerprint density at radius 3 is 2.61 bits per heavy atom. The number of rotatable bonds is 2. The van der Waals surface area contributed by atoms with E-state index in [1.165, 1.54) is 19.3 Å². The molecule has 2 heterocycles. The van der Waals surface area contributed by atoms with E-state index in [2.05, 4.69) is 9.88 Å². The van der Waals surface area contributed by atoms with Crippen molar-refractivity contribution in [2.45, 2.75) is 25.5 Å². The van der Waals surface area contributed by atoms with Crippen LogP contribution >= 0.6 is 0 Å². The number of aliphatic hydroxyl groups excluding tert-OH is 1. The molecule has 0 radical (unpaired) electrons. The predicted molar refractivity (Wildman–Crippen MR) is 72.1 cm³/mol. The number of piperidine rings is 1. The van der Waals surface area contributed by atoms with Gasteiger partial charge in [-0.1, -0.05) is 30.7 Å². The highest BCUT2D eigenvalue weighted by Gasteiger charge is 2.20. The van der Waals surface area contributed by atoms with Crippen molar-refractivity contribution >= 4 is 10.9 Å². The van der Waals surface area contributed by atoms with E-state index in [1.807, 2.05) is 36.4 Å². The van der Waals surface area contributed by atoms with Gasteiger partial charge in [-0.15, -0.1) is 0 Å². The fraction of sp³-hybridized carbons (Fsp3) is 0.400. The van der Waals surface area contributed by atoms with E-state index >= 15 is 0 Å². The molecule has 2 aromatic rings. The van der Waals surface area contributed by atoms with E-state index in [1.54, 1.807) is 0 Å². The monoisotopic (exact) mass is 242 g/mol. The van der Waals surface area contributed by atoms with E-state index in [-0.39, 0.29) is 0 Å². The maximum absolute atomic E-state index is 10.4. The summed E-state index contributed by atoms with van der Waals surface area (Å²) in [6, 6.07) is 12.0. The third-order valence-corrected chi connectivity index (χ3v) is 3.62. The van der Waals surface area contributed by atoms with Gasteiger partial charge in [0.1, 0.15) is 0 Å². The first-order valence-corrected chi connectivity index (χ1v) is 6.62. The van der Waals surface area contributed by atoms with Crippen LogP contribution in [0.2, 0.25) is 0 Å². The highest BCUT2D eigenvalue weighted by molar-refractivity contribution is 5.78. The molecule has 1 fully saturated rings. The van der Waals surface area contributed by atoms with Gasteiger partial charge in [0, 0.05) is 18.5 Å². The molecule has 1 aliphatic heterocycles. The summed E-state index contributed by atoms with van der Waals surface area (Å²) in [6.07, 6.45) is 3.05. The number of hydrogen-bond acceptors (Lipinski definition) is 3. The third-order valence-electron chi connectivity index (χ3n) is 3.62. The lowest BCUT2D eigenvalue weighted by molar-refractivity contribution is -0.0126. The standard InChI is InChI=1S/C15H18N2O/c18-15(17-10-4-1-5-11-17)14-9-8-12-6-2-3-7-13(12)16-14/h2-3,6-9,15,18H,1,4-5,10-11H2. The Bertz CT molecular complexity index is 535. The van der Waals surface area contributed by atoms with E-state index in [4.69, 9.17) is 0 Å². The lowest BCUT2D eigenvalue weighted by atomic mass is 10.1. The van der Waals surface area contributed by atoms with Crippen molar-refractivity contribution in [3.8, 4) is 0 Å². The molecule has 1 atom stereocenters. The molecular formula is C15H18N2O. The van der Waals surface area contributed by atoms with Gasteiger partial charge in [0.15, 0.2) is 6.23 Å². The zero-order valence-electron chi connectivity index (χ0n) is 10.4. The van der Waals surface area contributed by atoms with Crippen LogP contribution in [0.15, 0.2) is 36.4 Å². The molecule has 1 aromatic heterocycles. The number of likely N-dealkylation sites (tertiary alicyclic amines) is 1. The van der Waals surface area contributed by atoms with Crippen LogP contribution in [-0.4, -0.2) is 28.1 Å². The number of hydrogen-bond donors (Lipinski definition) is 1. The van der Waals surface area contributed by atoms with Crippen LogP contribution in [0.25, 0.3) is 10.9 Å². The Morgan fingerprint density at radius 1 is 1.00 bits per heavy atom. The second-order valence-corrected chi connectivity index (χ2v) is 4.90. The highest BCUT2D eigenvalue weighted by atomic mass is 16.3. The van der Waals surface area contributed by atoms with E-state index in [9.17, 15) is 5.11 Å². The lowest BCUT2D eigenvalue weighted by Crippen LogP contribution is -2.34. The number of pyridine rings is 1. The summed E-state index contributed by atoms with van der Waals surface area (Å²) >= 11 is 0. The smallest absolute Gasteiger partial charge is 0.150 e. The molecule has 1 N–H and O–H groups in total. The molecular weight excluding hydrogens is 224 g/mol. The molecule has 0 bridgehead atoms. The molecule has 0 amide bonds. The average molecular weight is 242 g/mol. The molecule has 0 aliphatic carbocycles. The van der Waals surface area contributed by atoms with Gasteiger partial charge in [-0.3, -0.25) is 4.90 Å². The number of fused-ring (bicyclic) bond motifs is 1. The SMILES string of the molecule is OC(c1ccc2ccccc2n1)N1CCCCC1. The molecule has 94 valence electrons. The second-order valence-electron chi connectivity index (χ2n) is 4.90. The normalized spacial score (nSPS) is 18.9. The Kier molecular flexibility index (Phi) is 3.26. The molecule has 1 saturated heterocycles. The minimum atomic E-state index is -0.560. The number of para-hydroxylation sites is 1. The van der Waals surface area contributed by atoms with Gasteiger partial charge in [-0.05, 0) is 25.0 Å². The summed E-state index contributed by atoms with van der Waals surface area (Å²) in [5.74, 6) is 0. The highest BCUT2D eigenvalue weighted by Crippen LogP contribution is 2.22. The lowest BCUT2D eigenvalue weighted by Gasteiger charge is -2.30. The van der Waals surface area contributed by atoms with Gasteiger partial charge in [-0.25, -0.2) is 4.98 Å². The van der Waals surface area contributed by atoms with E-state index in [0.29, 0.717) is 0 Å². The second kappa shape index (κ2) is 5.04. The van der Waals surface area contributed by atoms with Gasteiger partial charge in [0.25, 0.3) is 0 Å². The molecule has 1 aromatic carbocycles. The van der Waals surface area contributed by atoms with Crippen LogP contribution < -0.4 is 0 Å². The zero-order chi connectivity index (χ0) is 12.4. The van der Waals surface area contributed by atoms with Crippen molar-refractivity contribution < 1.29 is 5.11 Å². The summed E-state index contributed by atoms with van der Waals surface area (Å²) in [5.41, 5.74) is 1.71. The van der Waals surface area contributed by atoms with Crippen molar-refractivity contribution in [3.05, 3.63) is 42.1 Å². The van der Waals surface area contributed by atoms with Gasteiger partial charge in [0.2, 0.25) is 0 Å². The quantitative estimate of drug-likeness (QED) is 0.879. The fourth-order valence-corrected chi connectivity index (χ4v) is 2.58. The Morgan fingerprint density at radius 2 is 1.78 bits per heavy atom. The van der Waals surface area contributed by atoms with Crippen LogP contribution in [0, 0.1) is 0 Å². The Balaban J connectivity index is 1.88. The van der Waals surface area contributed by atoms with E-state index < -0.39 is 6.23 Å². The predicted octanol–water partition coefficient (Wildman–Crippen LogP) is 2.71. The van der Waals surface area contributed by atoms with E-state index in [0.717, 1.165) is 29.7 Å². The van der Waals surface area contributed by atoms with Crippen molar-refractivity contribution in [2.75, 3.05) is 13.1 Å². The number of nitrogens with zero attached hydrogens (tertiary/aromatic N) is 2. The Labute approximate surface area is 107 Å². The maximum Gasteiger partial charge on any atom is 0.150 e. The summed E-state index contributed by atoms with van der Waals surface area (Å²) in [4.78, 5) is 6.67. The molecule has 1 unspecified atom stereocenters. The van der Waals surface area contributed by atoms with Crippen LogP contribution in [0.3, 0.4) is 0 Å². The van der Waals surface area contributed by atoms with Crippen LogP contribution in [-0.2, 0) is 0 Å². The van der Waals surface area contributed by atoms with Gasteiger partial charge in [0.05, 0.1) is 11.2 Å². The molecule has 0 spiro atoms. The summed E-state index contributed by atoms with van der Waals surface area (Å²) < 4.78 is 0.